The first-order valence-electron chi connectivity index (χ1n) is 4.86. The maximum atomic E-state index is 10.5. The van der Waals surface area contributed by atoms with Crippen molar-refractivity contribution in [3.8, 4) is 0 Å². The molecule has 0 spiro atoms. The van der Waals surface area contributed by atoms with Gasteiger partial charge in [-0.1, -0.05) is 23.9 Å². The highest BCUT2D eigenvalue weighted by Crippen LogP contribution is 2.24. The molecule has 0 aliphatic heterocycles. The molecule has 1 aromatic heterocycles. The zero-order valence-corrected chi connectivity index (χ0v) is 9.91. The minimum absolute atomic E-state index is 0.0379. The molecule has 0 radical (unpaired) electrons. The van der Waals surface area contributed by atoms with E-state index in [9.17, 15) is 4.79 Å². The van der Waals surface area contributed by atoms with E-state index >= 15 is 0 Å². The number of aryl methyl sites for hydroxylation is 2. The number of imidazole rings is 1. The number of thioether (sulfide) groups is 1. The largest absolute Gasteiger partial charge is 0.481 e. The van der Waals surface area contributed by atoms with Crippen molar-refractivity contribution in [1.82, 2.24) is 9.55 Å². The highest BCUT2D eigenvalue weighted by molar-refractivity contribution is 7.99. The van der Waals surface area contributed by atoms with Crippen LogP contribution in [-0.2, 0) is 11.8 Å². The van der Waals surface area contributed by atoms with Crippen LogP contribution in [0.2, 0.25) is 0 Å². The van der Waals surface area contributed by atoms with Crippen LogP contribution in [-0.4, -0.2) is 26.4 Å². The minimum Gasteiger partial charge on any atom is -0.481 e. The van der Waals surface area contributed by atoms with Crippen LogP contribution >= 0.6 is 11.8 Å². The normalized spacial score (nSPS) is 10.9. The molecule has 4 nitrogen and oxygen atoms in total. The third-order valence-corrected chi connectivity index (χ3v) is 3.41. The SMILES string of the molecule is Cc1cccc2c1nc(SCC(=O)O)n2C. The Bertz CT molecular complexity index is 548. The van der Waals surface area contributed by atoms with Gasteiger partial charge in [0.05, 0.1) is 16.8 Å². The molecule has 0 saturated carbocycles. The molecule has 1 heterocycles. The summed E-state index contributed by atoms with van der Waals surface area (Å²) in [7, 11) is 1.90. The number of hydrogen-bond donors (Lipinski definition) is 1. The molecule has 0 aliphatic rings. The number of benzene rings is 1. The Hall–Kier alpha value is -1.49. The fraction of sp³-hybridized carbons (Fsp3) is 0.273. The Balaban J connectivity index is 2.44. The van der Waals surface area contributed by atoms with E-state index < -0.39 is 5.97 Å². The Morgan fingerprint density at radius 3 is 2.94 bits per heavy atom. The lowest BCUT2D eigenvalue weighted by atomic mass is 10.2. The molecular formula is C11H12N2O2S. The van der Waals surface area contributed by atoms with Crippen molar-refractivity contribution in [3.05, 3.63) is 23.8 Å². The van der Waals surface area contributed by atoms with Crippen LogP contribution in [0, 0.1) is 6.92 Å². The summed E-state index contributed by atoms with van der Waals surface area (Å²) in [5, 5.41) is 9.38. The van der Waals surface area contributed by atoms with Crippen LogP contribution in [0.15, 0.2) is 23.4 Å². The number of carboxylic acids is 1. The average Bonchev–Trinajstić information content (AvgIpc) is 2.55. The van der Waals surface area contributed by atoms with Gasteiger partial charge in [-0.25, -0.2) is 4.98 Å². The van der Waals surface area contributed by atoms with Gasteiger partial charge in [0.25, 0.3) is 0 Å². The lowest BCUT2D eigenvalue weighted by Gasteiger charge is -1.99. The van der Waals surface area contributed by atoms with E-state index in [2.05, 4.69) is 4.98 Å². The highest BCUT2D eigenvalue weighted by atomic mass is 32.2. The summed E-state index contributed by atoms with van der Waals surface area (Å²) in [5.41, 5.74) is 3.08. The second kappa shape index (κ2) is 4.17. The maximum absolute atomic E-state index is 10.5. The topological polar surface area (TPSA) is 55.1 Å². The second-order valence-corrected chi connectivity index (χ2v) is 4.52. The second-order valence-electron chi connectivity index (χ2n) is 3.58. The van der Waals surface area contributed by atoms with E-state index in [1.807, 2.05) is 36.7 Å². The van der Waals surface area contributed by atoms with E-state index in [1.54, 1.807) is 0 Å². The van der Waals surface area contributed by atoms with E-state index in [4.69, 9.17) is 5.11 Å². The average molecular weight is 236 g/mol. The van der Waals surface area contributed by atoms with E-state index in [0.29, 0.717) is 0 Å². The first kappa shape index (κ1) is 11.0. The minimum atomic E-state index is -0.825. The van der Waals surface area contributed by atoms with Crippen LogP contribution in [0.4, 0.5) is 0 Å². The smallest absolute Gasteiger partial charge is 0.313 e. The van der Waals surface area contributed by atoms with Crippen LogP contribution in [0.25, 0.3) is 11.0 Å². The third-order valence-electron chi connectivity index (χ3n) is 2.40. The Labute approximate surface area is 97.3 Å². The van der Waals surface area contributed by atoms with Gasteiger partial charge in [-0.15, -0.1) is 0 Å². The summed E-state index contributed by atoms with van der Waals surface area (Å²) in [5.74, 6) is -0.787. The maximum Gasteiger partial charge on any atom is 0.313 e. The van der Waals surface area contributed by atoms with Crippen molar-refractivity contribution in [1.29, 1.82) is 0 Å². The molecule has 0 amide bonds. The van der Waals surface area contributed by atoms with Crippen molar-refractivity contribution >= 4 is 28.8 Å². The first-order chi connectivity index (χ1) is 7.59. The molecule has 0 aliphatic carbocycles. The fourth-order valence-corrected chi connectivity index (χ4v) is 2.29. The molecule has 0 unspecified atom stereocenters. The number of para-hydroxylation sites is 1. The highest BCUT2D eigenvalue weighted by Gasteiger charge is 2.10. The van der Waals surface area contributed by atoms with Crippen LogP contribution in [0.1, 0.15) is 5.56 Å². The summed E-state index contributed by atoms with van der Waals surface area (Å²) in [4.78, 5) is 15.0. The van der Waals surface area contributed by atoms with Gasteiger partial charge in [-0.2, -0.15) is 0 Å². The van der Waals surface area contributed by atoms with Crippen LogP contribution < -0.4 is 0 Å². The number of aromatic nitrogens is 2. The fourth-order valence-electron chi connectivity index (χ4n) is 1.59. The number of fused-ring (bicyclic) bond motifs is 1. The standard InChI is InChI=1S/C11H12N2O2S/c1-7-4-3-5-8-10(7)12-11(13(8)2)16-6-9(14)15/h3-5H,6H2,1-2H3,(H,14,15). The number of rotatable bonds is 3. The first-order valence-corrected chi connectivity index (χ1v) is 5.85. The number of nitrogens with zero attached hydrogens (tertiary/aromatic N) is 2. The van der Waals surface area contributed by atoms with Gasteiger partial charge in [0.2, 0.25) is 0 Å². The van der Waals surface area contributed by atoms with Gasteiger partial charge < -0.3 is 9.67 Å². The molecule has 84 valence electrons. The molecule has 0 bridgehead atoms. The molecule has 0 saturated heterocycles. The molecule has 0 fully saturated rings. The van der Waals surface area contributed by atoms with Crippen LogP contribution in [0.3, 0.4) is 0 Å². The predicted molar refractivity (Wildman–Crippen MR) is 63.8 cm³/mol. The van der Waals surface area contributed by atoms with Crippen molar-refractivity contribution in [2.75, 3.05) is 5.75 Å². The molecule has 1 N–H and O–H groups in total. The Kier molecular flexibility index (Phi) is 2.87. The van der Waals surface area contributed by atoms with Gasteiger partial charge in [0.15, 0.2) is 5.16 Å². The number of aliphatic carboxylic acids is 1. The monoisotopic (exact) mass is 236 g/mol. The van der Waals surface area contributed by atoms with E-state index in [0.717, 1.165) is 21.8 Å². The zero-order chi connectivity index (χ0) is 11.7. The molecule has 2 rings (SSSR count). The molecule has 16 heavy (non-hydrogen) atoms. The Morgan fingerprint density at radius 1 is 1.56 bits per heavy atom. The summed E-state index contributed by atoms with van der Waals surface area (Å²) in [6, 6.07) is 5.96. The molecule has 1 aromatic carbocycles. The summed E-state index contributed by atoms with van der Waals surface area (Å²) >= 11 is 1.24. The Morgan fingerprint density at radius 2 is 2.31 bits per heavy atom. The quantitative estimate of drug-likeness (QED) is 0.829. The lowest BCUT2D eigenvalue weighted by molar-refractivity contribution is -0.133. The zero-order valence-electron chi connectivity index (χ0n) is 9.10. The van der Waals surface area contributed by atoms with Gasteiger partial charge >= 0.3 is 5.97 Å². The summed E-state index contributed by atoms with van der Waals surface area (Å²) < 4.78 is 1.93. The summed E-state index contributed by atoms with van der Waals surface area (Å²) in [6.07, 6.45) is 0. The van der Waals surface area contributed by atoms with Crippen LogP contribution in [0.5, 0.6) is 0 Å². The lowest BCUT2D eigenvalue weighted by Crippen LogP contribution is -2.00. The van der Waals surface area contributed by atoms with E-state index in [-0.39, 0.29) is 5.75 Å². The van der Waals surface area contributed by atoms with E-state index in [1.165, 1.54) is 11.8 Å². The van der Waals surface area contributed by atoms with Gasteiger partial charge in [0, 0.05) is 7.05 Å². The van der Waals surface area contributed by atoms with Crippen molar-refractivity contribution < 1.29 is 9.90 Å². The molecular weight excluding hydrogens is 224 g/mol. The molecule has 0 atom stereocenters. The van der Waals surface area contributed by atoms with Crippen molar-refractivity contribution in [3.63, 3.8) is 0 Å². The molecule has 2 aromatic rings. The van der Waals surface area contributed by atoms with Gasteiger partial charge in [-0.3, -0.25) is 4.79 Å². The number of carbonyl (C=O) groups is 1. The third kappa shape index (κ3) is 1.90. The predicted octanol–water partition coefficient (Wildman–Crippen LogP) is 2.06. The van der Waals surface area contributed by atoms with Crippen molar-refractivity contribution in [2.24, 2.45) is 7.05 Å². The van der Waals surface area contributed by atoms with Gasteiger partial charge in [-0.05, 0) is 18.6 Å². The van der Waals surface area contributed by atoms with Crippen molar-refractivity contribution in [2.45, 2.75) is 12.1 Å². The number of hydrogen-bond acceptors (Lipinski definition) is 3. The number of carboxylic acid groups (broad SMARTS) is 1. The van der Waals surface area contributed by atoms with Gasteiger partial charge in [0.1, 0.15) is 0 Å². The summed E-state index contributed by atoms with van der Waals surface area (Å²) in [6.45, 7) is 2.00. The molecule has 5 heteroatoms.